The molecule has 0 unspecified atom stereocenters. The van der Waals surface area contributed by atoms with Gasteiger partial charge < -0.3 is 20.8 Å². The van der Waals surface area contributed by atoms with E-state index in [9.17, 15) is 0 Å². The maximum atomic E-state index is 8.68. The second-order valence-corrected chi connectivity index (χ2v) is 2.70. The Kier molecular flexibility index (Phi) is 36.2. The van der Waals surface area contributed by atoms with Crippen molar-refractivity contribution in [3.63, 3.8) is 0 Å². The van der Waals surface area contributed by atoms with E-state index in [0.29, 0.717) is 0 Å². The highest BCUT2D eigenvalue weighted by atomic mass is 16.3. The van der Waals surface area contributed by atoms with Gasteiger partial charge in [0.25, 0.3) is 0 Å². The van der Waals surface area contributed by atoms with Crippen LogP contribution in [0.2, 0.25) is 0 Å². The summed E-state index contributed by atoms with van der Waals surface area (Å²) in [6, 6.07) is 5.62. The molecule has 4 nitrogen and oxygen atoms in total. The van der Waals surface area contributed by atoms with E-state index in [1.54, 1.807) is 0 Å². The van der Waals surface area contributed by atoms with Crippen molar-refractivity contribution in [1.82, 2.24) is 0 Å². The fraction of sp³-hybridized carbons (Fsp3) is 0.647. The summed E-state index contributed by atoms with van der Waals surface area (Å²) in [6.07, 6.45) is 0. The van der Waals surface area contributed by atoms with Gasteiger partial charge in [-0.25, -0.2) is 0 Å². The van der Waals surface area contributed by atoms with Gasteiger partial charge in [0.2, 0.25) is 0 Å². The summed E-state index contributed by atoms with van der Waals surface area (Å²) in [6.45, 7) is 17.8. The van der Waals surface area contributed by atoms with Crippen LogP contribution in [0.4, 0.5) is 11.4 Å². The molecule has 0 bridgehead atoms. The van der Waals surface area contributed by atoms with Crippen molar-refractivity contribution in [2.45, 2.75) is 62.3 Å². The smallest absolute Gasteiger partial charge is 0.113 e. The SMILES string of the molecule is CC.CC.CC.CC.Cc1ccc(NCO)cc1NCO. The lowest BCUT2D eigenvalue weighted by atomic mass is 10.2. The Hall–Kier alpha value is -1.26. The third-order valence-corrected chi connectivity index (χ3v) is 1.79. The molecule has 1 aromatic carbocycles. The van der Waals surface area contributed by atoms with Crippen molar-refractivity contribution >= 4 is 11.4 Å². The highest BCUT2D eigenvalue weighted by molar-refractivity contribution is 5.60. The van der Waals surface area contributed by atoms with E-state index in [-0.39, 0.29) is 13.5 Å². The number of aryl methyl sites for hydroxylation is 1. The fourth-order valence-electron chi connectivity index (χ4n) is 1.10. The third kappa shape index (κ3) is 16.7. The number of hydrogen-bond donors (Lipinski definition) is 4. The van der Waals surface area contributed by atoms with E-state index in [2.05, 4.69) is 10.6 Å². The van der Waals surface area contributed by atoms with Gasteiger partial charge in [0.05, 0.1) is 0 Å². The maximum absolute atomic E-state index is 8.68. The zero-order valence-corrected chi connectivity index (χ0v) is 15.5. The van der Waals surface area contributed by atoms with Crippen molar-refractivity contribution in [3.05, 3.63) is 23.8 Å². The van der Waals surface area contributed by atoms with Crippen LogP contribution >= 0.6 is 0 Å². The van der Waals surface area contributed by atoms with Gasteiger partial charge in [0.15, 0.2) is 0 Å². The zero-order valence-electron chi connectivity index (χ0n) is 15.5. The van der Waals surface area contributed by atoms with E-state index in [1.165, 1.54) is 0 Å². The molecule has 0 saturated heterocycles. The molecule has 0 spiro atoms. The normalized spacial score (nSPS) is 7.19. The summed E-state index contributed by atoms with van der Waals surface area (Å²) >= 11 is 0. The Morgan fingerprint density at radius 1 is 0.762 bits per heavy atom. The summed E-state index contributed by atoms with van der Waals surface area (Å²) in [5, 5.41) is 22.9. The largest absolute Gasteiger partial charge is 0.377 e. The Morgan fingerprint density at radius 2 is 1.19 bits per heavy atom. The second kappa shape index (κ2) is 27.1. The van der Waals surface area contributed by atoms with Crippen LogP contribution in [0.1, 0.15) is 61.0 Å². The average molecular weight is 303 g/mol. The monoisotopic (exact) mass is 302 g/mol. The minimum absolute atomic E-state index is 0.0938. The van der Waals surface area contributed by atoms with Crippen LogP contribution in [-0.2, 0) is 0 Å². The maximum Gasteiger partial charge on any atom is 0.113 e. The zero-order chi connectivity index (χ0) is 17.7. The van der Waals surface area contributed by atoms with Gasteiger partial charge >= 0.3 is 0 Å². The van der Waals surface area contributed by atoms with E-state index in [4.69, 9.17) is 10.2 Å². The van der Waals surface area contributed by atoms with Crippen molar-refractivity contribution in [2.24, 2.45) is 0 Å². The second-order valence-electron chi connectivity index (χ2n) is 2.70. The van der Waals surface area contributed by atoms with Crippen LogP contribution < -0.4 is 10.6 Å². The highest BCUT2D eigenvalue weighted by Crippen LogP contribution is 2.19. The van der Waals surface area contributed by atoms with Crippen LogP contribution in [0.5, 0.6) is 0 Å². The van der Waals surface area contributed by atoms with E-state index >= 15 is 0 Å². The predicted molar refractivity (Wildman–Crippen MR) is 98.0 cm³/mol. The Bertz CT molecular complexity index is 279. The Morgan fingerprint density at radius 3 is 1.57 bits per heavy atom. The number of hydrogen-bond acceptors (Lipinski definition) is 4. The van der Waals surface area contributed by atoms with Gasteiger partial charge in [-0.3, -0.25) is 0 Å². The van der Waals surface area contributed by atoms with Crippen LogP contribution in [0.15, 0.2) is 18.2 Å². The molecule has 0 aliphatic carbocycles. The molecular weight excluding hydrogens is 264 g/mol. The molecule has 1 aromatic rings. The van der Waals surface area contributed by atoms with E-state index in [0.717, 1.165) is 16.9 Å². The van der Waals surface area contributed by atoms with E-state index in [1.807, 2.05) is 80.5 Å². The third-order valence-electron chi connectivity index (χ3n) is 1.79. The van der Waals surface area contributed by atoms with Crippen LogP contribution in [0.3, 0.4) is 0 Å². The van der Waals surface area contributed by atoms with Gasteiger partial charge in [0.1, 0.15) is 13.5 Å². The summed E-state index contributed by atoms with van der Waals surface area (Å²) < 4.78 is 0. The number of aliphatic hydroxyl groups is 2. The van der Waals surface area contributed by atoms with Crippen molar-refractivity contribution in [3.8, 4) is 0 Å². The first-order valence-electron chi connectivity index (χ1n) is 8.08. The summed E-state index contributed by atoms with van der Waals surface area (Å²) in [5.41, 5.74) is 2.74. The molecule has 0 atom stereocenters. The van der Waals surface area contributed by atoms with Gasteiger partial charge in [0, 0.05) is 11.4 Å². The number of anilines is 2. The van der Waals surface area contributed by atoms with Gasteiger partial charge in [-0.15, -0.1) is 0 Å². The topological polar surface area (TPSA) is 64.5 Å². The van der Waals surface area contributed by atoms with Crippen LogP contribution in [-0.4, -0.2) is 23.7 Å². The lowest BCUT2D eigenvalue weighted by Crippen LogP contribution is -2.04. The van der Waals surface area contributed by atoms with Crippen molar-refractivity contribution in [2.75, 3.05) is 24.1 Å². The van der Waals surface area contributed by atoms with Crippen LogP contribution in [0, 0.1) is 6.92 Å². The van der Waals surface area contributed by atoms with Crippen LogP contribution in [0.25, 0.3) is 0 Å². The molecule has 0 radical (unpaired) electrons. The standard InChI is InChI=1S/C9H14N2O2.4C2H6/c1-7-2-3-8(10-5-12)4-9(7)11-6-13;4*1-2/h2-4,10-13H,5-6H2,1H3;4*1-2H3. The lowest BCUT2D eigenvalue weighted by molar-refractivity contribution is 0.325. The molecule has 0 fully saturated rings. The molecule has 1 rings (SSSR count). The predicted octanol–water partition coefficient (Wildman–Crippen LogP) is 4.82. The molecule has 128 valence electrons. The van der Waals surface area contributed by atoms with Gasteiger partial charge in [-0.2, -0.15) is 0 Å². The molecule has 0 amide bonds. The number of aliphatic hydroxyl groups excluding tert-OH is 2. The summed E-state index contributed by atoms with van der Waals surface area (Å²) in [4.78, 5) is 0. The highest BCUT2D eigenvalue weighted by Gasteiger charge is 1.97. The first kappa shape index (κ1) is 28.0. The first-order valence-corrected chi connectivity index (χ1v) is 8.08. The molecule has 21 heavy (non-hydrogen) atoms. The lowest BCUT2D eigenvalue weighted by Gasteiger charge is -2.09. The Balaban J connectivity index is -0.000000156. The minimum Gasteiger partial charge on any atom is -0.377 e. The number of benzene rings is 1. The molecule has 4 N–H and O–H groups in total. The first-order chi connectivity index (χ1) is 10.3. The average Bonchev–Trinajstić information content (AvgIpc) is 2.59. The molecule has 0 aliphatic heterocycles. The fourth-order valence-corrected chi connectivity index (χ4v) is 1.10. The molecular formula is C17H38N2O2. The van der Waals surface area contributed by atoms with Crippen molar-refractivity contribution < 1.29 is 10.2 Å². The minimum atomic E-state index is -0.0956. The van der Waals surface area contributed by atoms with Gasteiger partial charge in [-0.05, 0) is 24.6 Å². The van der Waals surface area contributed by atoms with Crippen molar-refractivity contribution in [1.29, 1.82) is 0 Å². The molecule has 0 aromatic heterocycles. The summed E-state index contributed by atoms with van der Waals surface area (Å²) in [7, 11) is 0. The van der Waals surface area contributed by atoms with E-state index < -0.39 is 0 Å². The molecule has 4 heteroatoms. The summed E-state index contributed by atoms with van der Waals surface area (Å²) in [5.74, 6) is 0. The molecule has 0 saturated carbocycles. The molecule has 0 aliphatic rings. The Labute approximate surface area is 132 Å². The quantitative estimate of drug-likeness (QED) is 0.602. The number of nitrogens with one attached hydrogen (secondary N) is 2. The number of rotatable bonds is 4. The molecule has 0 heterocycles. The van der Waals surface area contributed by atoms with Gasteiger partial charge in [-0.1, -0.05) is 61.5 Å².